The van der Waals surface area contributed by atoms with Gasteiger partial charge in [-0.3, -0.25) is 9.69 Å². The molecule has 0 fully saturated rings. The summed E-state index contributed by atoms with van der Waals surface area (Å²) < 4.78 is 0. The fraction of sp³-hybridized carbons (Fsp3) is 0.314. The highest BCUT2D eigenvalue weighted by atomic mass is 35.5. The van der Waals surface area contributed by atoms with E-state index in [1.54, 1.807) is 11.8 Å². The summed E-state index contributed by atoms with van der Waals surface area (Å²) in [6, 6.07) is 21.0. The second-order valence-corrected chi connectivity index (χ2v) is 13.6. The van der Waals surface area contributed by atoms with Crippen LogP contribution in [0.15, 0.2) is 82.2 Å². The number of nitrogens with two attached hydrogens (primary N) is 1. The van der Waals surface area contributed by atoms with Crippen LogP contribution >= 0.6 is 23.4 Å². The molecule has 0 bridgehead atoms. The number of allylic oxidation sites excluding steroid dienone is 3. The fourth-order valence-corrected chi connectivity index (χ4v) is 7.26. The molecule has 1 aliphatic carbocycles. The van der Waals surface area contributed by atoms with Crippen molar-refractivity contribution in [3.8, 4) is 6.07 Å². The average Bonchev–Trinajstić information content (AvgIpc) is 2.90. The molecule has 2 N–H and O–H groups in total. The number of nitriles is 1. The van der Waals surface area contributed by atoms with Gasteiger partial charge >= 0.3 is 0 Å². The van der Waals surface area contributed by atoms with Crippen molar-refractivity contribution in [3.05, 3.63) is 116 Å². The Bertz CT molecular complexity index is 1660. The largest absolute Gasteiger partial charge is 0.384 e. The Morgan fingerprint density at radius 3 is 2.41 bits per heavy atom. The van der Waals surface area contributed by atoms with E-state index in [2.05, 4.69) is 77.1 Å². The third kappa shape index (κ3) is 5.44. The molecule has 0 amide bonds. The van der Waals surface area contributed by atoms with Crippen LogP contribution in [-0.4, -0.2) is 5.78 Å². The molecule has 6 heteroatoms. The molecule has 2 aliphatic rings. The number of aryl methyl sites for hydroxylation is 2. The van der Waals surface area contributed by atoms with Gasteiger partial charge in [0.1, 0.15) is 5.82 Å². The molecule has 1 atom stereocenters. The lowest BCUT2D eigenvalue weighted by molar-refractivity contribution is -0.118. The molecule has 3 aromatic rings. The quantitative estimate of drug-likeness (QED) is 0.305. The Kier molecular flexibility index (Phi) is 7.85. The number of rotatable bonds is 5. The topological polar surface area (TPSA) is 70.1 Å². The standard InChI is InChI=1S/C35H36ClN3OS/c1-20-10-12-25(13-11-20)41-19-24-14-21(2)15-26(22(24)3)32-27(18-37)34(38)39(29-9-7-8-28(36)23(29)4)30-16-35(5,6)17-31(40)33(30)32/h7-15,32H,16-17,19,38H2,1-6H3. The predicted molar refractivity (Wildman–Crippen MR) is 170 cm³/mol. The lowest BCUT2D eigenvalue weighted by atomic mass is 9.68. The number of anilines is 1. The molecule has 3 aromatic carbocycles. The number of halogens is 1. The van der Waals surface area contributed by atoms with Crippen LogP contribution in [0.1, 0.15) is 66.0 Å². The molecule has 41 heavy (non-hydrogen) atoms. The first-order valence-corrected chi connectivity index (χ1v) is 15.3. The van der Waals surface area contributed by atoms with E-state index in [1.165, 1.54) is 16.0 Å². The summed E-state index contributed by atoms with van der Waals surface area (Å²) >= 11 is 8.33. The van der Waals surface area contributed by atoms with Gasteiger partial charge in [-0.25, -0.2) is 0 Å². The predicted octanol–water partition coefficient (Wildman–Crippen LogP) is 8.81. The minimum absolute atomic E-state index is 0.0719. The van der Waals surface area contributed by atoms with Crippen molar-refractivity contribution in [2.75, 3.05) is 4.90 Å². The summed E-state index contributed by atoms with van der Waals surface area (Å²) in [5, 5.41) is 11.2. The first kappa shape index (κ1) is 29.0. The second-order valence-electron chi connectivity index (χ2n) is 12.1. The SMILES string of the molecule is Cc1ccc(SCc2cc(C)cc(C3C(C#N)=C(N)N(c4cccc(Cl)c4C)C4=C3C(=O)CC(C)(C)C4)c2C)cc1. The molecule has 0 radical (unpaired) electrons. The van der Waals surface area contributed by atoms with Crippen molar-refractivity contribution >= 4 is 34.8 Å². The van der Waals surface area contributed by atoms with Gasteiger partial charge in [-0.15, -0.1) is 11.8 Å². The molecule has 1 heterocycles. The Morgan fingerprint density at radius 2 is 1.73 bits per heavy atom. The van der Waals surface area contributed by atoms with E-state index < -0.39 is 5.92 Å². The first-order chi connectivity index (χ1) is 19.4. The van der Waals surface area contributed by atoms with E-state index in [9.17, 15) is 10.1 Å². The molecule has 5 rings (SSSR count). The third-order valence-corrected chi connectivity index (χ3v) is 9.76. The number of benzene rings is 3. The lowest BCUT2D eigenvalue weighted by Crippen LogP contribution is -2.42. The second kappa shape index (κ2) is 11.1. The van der Waals surface area contributed by atoms with E-state index >= 15 is 0 Å². The van der Waals surface area contributed by atoms with Gasteiger partial charge < -0.3 is 5.73 Å². The maximum absolute atomic E-state index is 14.1. The minimum Gasteiger partial charge on any atom is -0.384 e. The molecule has 0 spiro atoms. The van der Waals surface area contributed by atoms with Gasteiger partial charge in [0.15, 0.2) is 5.78 Å². The van der Waals surface area contributed by atoms with E-state index in [0.29, 0.717) is 34.8 Å². The van der Waals surface area contributed by atoms with Gasteiger partial charge in [-0.1, -0.05) is 66.9 Å². The van der Waals surface area contributed by atoms with E-state index in [-0.39, 0.29) is 11.2 Å². The Morgan fingerprint density at radius 1 is 1.02 bits per heavy atom. The van der Waals surface area contributed by atoms with Crippen LogP contribution in [0, 0.1) is 44.4 Å². The van der Waals surface area contributed by atoms with Gasteiger partial charge in [0.25, 0.3) is 0 Å². The lowest BCUT2D eigenvalue weighted by Gasteiger charge is -2.44. The van der Waals surface area contributed by atoms with Crippen molar-refractivity contribution in [1.82, 2.24) is 0 Å². The normalized spacial score (nSPS) is 18.4. The number of hydrogen-bond donors (Lipinski definition) is 1. The number of hydrogen-bond acceptors (Lipinski definition) is 5. The average molecular weight is 582 g/mol. The highest BCUT2D eigenvalue weighted by molar-refractivity contribution is 7.98. The van der Waals surface area contributed by atoms with Crippen LogP contribution in [0.25, 0.3) is 0 Å². The van der Waals surface area contributed by atoms with Crippen molar-refractivity contribution in [3.63, 3.8) is 0 Å². The van der Waals surface area contributed by atoms with Gasteiger partial charge in [-0.2, -0.15) is 5.26 Å². The van der Waals surface area contributed by atoms with Crippen LogP contribution in [0.2, 0.25) is 5.02 Å². The zero-order chi connectivity index (χ0) is 29.6. The number of carbonyl (C=O) groups is 1. The molecular formula is C35H36ClN3OS. The molecule has 1 unspecified atom stereocenters. The molecule has 210 valence electrons. The zero-order valence-electron chi connectivity index (χ0n) is 24.6. The highest BCUT2D eigenvalue weighted by Crippen LogP contribution is 2.51. The number of thioether (sulfide) groups is 1. The number of ketones is 1. The van der Waals surface area contributed by atoms with Gasteiger partial charge in [-0.05, 0) is 86.1 Å². The molecule has 0 saturated heterocycles. The summed E-state index contributed by atoms with van der Waals surface area (Å²) in [6.45, 7) is 12.5. The van der Waals surface area contributed by atoms with Gasteiger partial charge in [0.05, 0.1) is 23.2 Å². The summed E-state index contributed by atoms with van der Waals surface area (Å²) in [6.07, 6.45) is 1.08. The van der Waals surface area contributed by atoms with Gasteiger partial charge in [0.2, 0.25) is 0 Å². The number of carbonyl (C=O) groups excluding carboxylic acids is 1. The summed E-state index contributed by atoms with van der Waals surface area (Å²) in [5.41, 5.74) is 15.9. The molecule has 4 nitrogen and oxygen atoms in total. The van der Waals surface area contributed by atoms with E-state index in [0.717, 1.165) is 39.4 Å². The first-order valence-electron chi connectivity index (χ1n) is 13.9. The monoisotopic (exact) mass is 581 g/mol. The smallest absolute Gasteiger partial charge is 0.162 e. The Labute approximate surface area is 252 Å². The van der Waals surface area contributed by atoms with E-state index in [1.807, 2.05) is 30.0 Å². The van der Waals surface area contributed by atoms with Gasteiger partial charge in [0, 0.05) is 33.4 Å². The summed E-state index contributed by atoms with van der Waals surface area (Å²) in [7, 11) is 0. The van der Waals surface area contributed by atoms with Crippen LogP contribution in [0.5, 0.6) is 0 Å². The number of Topliss-reactive ketones (excluding diaryl/α,β-unsaturated/α-hetero) is 1. The molecule has 1 aliphatic heterocycles. The maximum atomic E-state index is 14.1. The Hall–Kier alpha value is -3.46. The zero-order valence-corrected chi connectivity index (χ0v) is 26.1. The summed E-state index contributed by atoms with van der Waals surface area (Å²) in [4.78, 5) is 17.2. The fourth-order valence-electron chi connectivity index (χ4n) is 6.14. The van der Waals surface area contributed by atoms with E-state index in [4.69, 9.17) is 17.3 Å². The van der Waals surface area contributed by atoms with Crippen LogP contribution < -0.4 is 10.6 Å². The third-order valence-electron chi connectivity index (χ3n) is 8.29. The van der Waals surface area contributed by atoms with Crippen LogP contribution in [0.4, 0.5) is 5.69 Å². The van der Waals surface area contributed by atoms with Crippen LogP contribution in [-0.2, 0) is 10.5 Å². The van der Waals surface area contributed by atoms with Crippen molar-refractivity contribution in [1.29, 1.82) is 5.26 Å². The Balaban J connectivity index is 1.69. The number of nitrogens with zero attached hydrogens (tertiary/aromatic N) is 2. The van der Waals surface area contributed by atoms with Crippen molar-refractivity contribution in [2.24, 2.45) is 11.1 Å². The molecule has 0 saturated carbocycles. The molecule has 0 aromatic heterocycles. The van der Waals surface area contributed by atoms with Crippen molar-refractivity contribution in [2.45, 2.75) is 71.0 Å². The maximum Gasteiger partial charge on any atom is 0.162 e. The summed E-state index contributed by atoms with van der Waals surface area (Å²) in [5.74, 6) is 0.710. The highest BCUT2D eigenvalue weighted by Gasteiger charge is 2.45. The minimum atomic E-state index is -0.516. The van der Waals surface area contributed by atoms with Crippen LogP contribution in [0.3, 0.4) is 0 Å². The van der Waals surface area contributed by atoms with Crippen molar-refractivity contribution < 1.29 is 4.79 Å². The molecular weight excluding hydrogens is 546 g/mol.